The third kappa shape index (κ3) is 2.28. The highest BCUT2D eigenvalue weighted by molar-refractivity contribution is 6.30. The van der Waals surface area contributed by atoms with Gasteiger partial charge in [0.1, 0.15) is 0 Å². The van der Waals surface area contributed by atoms with Crippen LogP contribution in [0.4, 0.5) is 0 Å². The van der Waals surface area contributed by atoms with Gasteiger partial charge in [0.05, 0.1) is 6.61 Å². The van der Waals surface area contributed by atoms with Crippen molar-refractivity contribution in [1.29, 1.82) is 0 Å². The van der Waals surface area contributed by atoms with Gasteiger partial charge in [0.15, 0.2) is 12.4 Å². The zero-order chi connectivity index (χ0) is 10.8. The molecule has 0 saturated carbocycles. The summed E-state index contributed by atoms with van der Waals surface area (Å²) in [7, 11) is 0. The predicted molar refractivity (Wildman–Crippen MR) is 52.7 cm³/mol. The van der Waals surface area contributed by atoms with Crippen molar-refractivity contribution in [3.63, 3.8) is 0 Å². The molecule has 1 aromatic rings. The van der Waals surface area contributed by atoms with E-state index in [-0.39, 0.29) is 6.61 Å². The summed E-state index contributed by atoms with van der Waals surface area (Å²) in [5.74, 6) is -1.01. The second kappa shape index (κ2) is 4.18. The molecule has 0 aliphatic carbocycles. The molecule has 5 heteroatoms. The van der Waals surface area contributed by atoms with Crippen LogP contribution in [0.15, 0.2) is 24.3 Å². The quantitative estimate of drug-likeness (QED) is 0.839. The van der Waals surface area contributed by atoms with E-state index in [0.717, 1.165) is 5.56 Å². The monoisotopic (exact) mass is 228 g/mol. The highest BCUT2D eigenvalue weighted by Gasteiger charge is 2.32. The van der Waals surface area contributed by atoms with Gasteiger partial charge in [0.2, 0.25) is 0 Å². The summed E-state index contributed by atoms with van der Waals surface area (Å²) in [4.78, 5) is 10.6. The Bertz CT molecular complexity index is 379. The van der Waals surface area contributed by atoms with Crippen molar-refractivity contribution in [2.24, 2.45) is 0 Å². The summed E-state index contributed by atoms with van der Waals surface area (Å²) in [6.07, 6.45) is -1.53. The highest BCUT2D eigenvalue weighted by atomic mass is 35.5. The average molecular weight is 229 g/mol. The molecule has 1 aliphatic rings. The van der Waals surface area contributed by atoms with Crippen molar-refractivity contribution in [2.45, 2.75) is 12.4 Å². The highest BCUT2D eigenvalue weighted by Crippen LogP contribution is 2.28. The zero-order valence-corrected chi connectivity index (χ0v) is 8.48. The molecule has 0 radical (unpaired) electrons. The number of hydrogen-bond donors (Lipinski definition) is 1. The Hall–Kier alpha value is -1.10. The van der Waals surface area contributed by atoms with Crippen LogP contribution < -0.4 is 0 Å². The van der Waals surface area contributed by atoms with Gasteiger partial charge < -0.3 is 14.6 Å². The molecule has 2 atom stereocenters. The summed E-state index contributed by atoms with van der Waals surface area (Å²) in [5.41, 5.74) is 0.728. The van der Waals surface area contributed by atoms with Crippen molar-refractivity contribution >= 4 is 17.6 Å². The molecule has 1 fully saturated rings. The minimum atomic E-state index is -1.01. The van der Waals surface area contributed by atoms with E-state index in [9.17, 15) is 4.79 Å². The lowest BCUT2D eigenvalue weighted by molar-refractivity contribution is -0.150. The molecule has 2 unspecified atom stereocenters. The minimum absolute atomic E-state index is 0.0620. The van der Waals surface area contributed by atoms with E-state index >= 15 is 0 Å². The van der Waals surface area contributed by atoms with Crippen molar-refractivity contribution in [1.82, 2.24) is 0 Å². The molecule has 1 aromatic carbocycles. The normalized spacial score (nSPS) is 25.4. The van der Waals surface area contributed by atoms with Crippen LogP contribution in [0.3, 0.4) is 0 Å². The second-order valence-electron chi connectivity index (χ2n) is 3.18. The molecule has 80 valence electrons. The van der Waals surface area contributed by atoms with Crippen molar-refractivity contribution in [3.05, 3.63) is 34.9 Å². The van der Waals surface area contributed by atoms with E-state index in [1.165, 1.54) is 0 Å². The number of carboxylic acids is 1. The molecule has 1 aliphatic heterocycles. The standard InChI is InChI=1S/C10H9ClO4/c11-7-3-1-2-6(4-7)10-14-5-8(15-10)9(12)13/h1-4,8,10H,5H2,(H,12,13). The molecule has 1 heterocycles. The third-order valence-corrected chi connectivity index (χ3v) is 2.32. The lowest BCUT2D eigenvalue weighted by Gasteiger charge is -2.09. The SMILES string of the molecule is O=C(O)C1COC(c2cccc(Cl)c2)O1. The van der Waals surface area contributed by atoms with Gasteiger partial charge in [-0.05, 0) is 12.1 Å². The van der Waals surface area contributed by atoms with Gasteiger partial charge in [0, 0.05) is 10.6 Å². The number of ether oxygens (including phenoxy) is 2. The van der Waals surface area contributed by atoms with Crippen LogP contribution in [0.1, 0.15) is 11.9 Å². The third-order valence-electron chi connectivity index (χ3n) is 2.08. The van der Waals surface area contributed by atoms with E-state index in [1.807, 2.05) is 0 Å². The predicted octanol–water partition coefficient (Wildman–Crippen LogP) is 1.84. The average Bonchev–Trinajstić information content (AvgIpc) is 2.66. The van der Waals surface area contributed by atoms with E-state index in [1.54, 1.807) is 24.3 Å². The van der Waals surface area contributed by atoms with Crippen LogP contribution in [-0.4, -0.2) is 23.8 Å². The first-order valence-corrected chi connectivity index (χ1v) is 4.80. The van der Waals surface area contributed by atoms with Gasteiger partial charge in [-0.15, -0.1) is 0 Å². The van der Waals surface area contributed by atoms with Crippen LogP contribution in [0.5, 0.6) is 0 Å². The molecule has 4 nitrogen and oxygen atoms in total. The number of benzene rings is 1. The minimum Gasteiger partial charge on any atom is -0.479 e. The van der Waals surface area contributed by atoms with Gasteiger partial charge in [-0.2, -0.15) is 0 Å². The molecule has 1 saturated heterocycles. The number of halogens is 1. The lowest BCUT2D eigenvalue weighted by Crippen LogP contribution is -2.21. The lowest BCUT2D eigenvalue weighted by atomic mass is 10.2. The first-order chi connectivity index (χ1) is 7.16. The molecule has 0 amide bonds. The van der Waals surface area contributed by atoms with Gasteiger partial charge >= 0.3 is 5.97 Å². The van der Waals surface area contributed by atoms with Crippen LogP contribution in [0.2, 0.25) is 5.02 Å². The molecule has 0 bridgehead atoms. The topological polar surface area (TPSA) is 55.8 Å². The Morgan fingerprint density at radius 3 is 2.93 bits per heavy atom. The maximum Gasteiger partial charge on any atom is 0.335 e. The molecule has 1 N–H and O–H groups in total. The summed E-state index contributed by atoms with van der Waals surface area (Å²) in [5, 5.41) is 9.27. The Balaban J connectivity index is 2.11. The van der Waals surface area contributed by atoms with E-state index in [4.69, 9.17) is 26.2 Å². The van der Waals surface area contributed by atoms with Gasteiger partial charge in [0.25, 0.3) is 0 Å². The summed E-state index contributed by atoms with van der Waals surface area (Å²) >= 11 is 5.79. The van der Waals surface area contributed by atoms with Crippen LogP contribution >= 0.6 is 11.6 Å². The van der Waals surface area contributed by atoms with E-state index in [2.05, 4.69) is 0 Å². The number of carboxylic acid groups (broad SMARTS) is 1. The van der Waals surface area contributed by atoms with Gasteiger partial charge in [-0.25, -0.2) is 4.79 Å². The van der Waals surface area contributed by atoms with Crippen molar-refractivity contribution in [3.8, 4) is 0 Å². The zero-order valence-electron chi connectivity index (χ0n) is 7.72. The van der Waals surface area contributed by atoms with E-state index in [0.29, 0.717) is 5.02 Å². The largest absolute Gasteiger partial charge is 0.479 e. The summed E-state index contributed by atoms with van der Waals surface area (Å²) < 4.78 is 10.4. The molecular formula is C10H9ClO4. The van der Waals surface area contributed by atoms with Gasteiger partial charge in [-0.3, -0.25) is 0 Å². The molecule has 2 rings (SSSR count). The molecule has 0 spiro atoms. The number of carbonyl (C=O) groups is 1. The molecular weight excluding hydrogens is 220 g/mol. The maximum atomic E-state index is 10.6. The molecule has 0 aromatic heterocycles. The first kappa shape index (κ1) is 10.4. The number of rotatable bonds is 2. The first-order valence-electron chi connectivity index (χ1n) is 4.42. The van der Waals surface area contributed by atoms with Crippen LogP contribution in [-0.2, 0) is 14.3 Å². The van der Waals surface area contributed by atoms with Crippen LogP contribution in [0, 0.1) is 0 Å². The van der Waals surface area contributed by atoms with E-state index < -0.39 is 18.4 Å². The van der Waals surface area contributed by atoms with Gasteiger partial charge in [-0.1, -0.05) is 23.7 Å². The Kier molecular flexibility index (Phi) is 2.90. The Morgan fingerprint density at radius 2 is 2.33 bits per heavy atom. The Labute approximate surface area is 91.4 Å². The number of hydrogen-bond acceptors (Lipinski definition) is 3. The van der Waals surface area contributed by atoms with Crippen molar-refractivity contribution in [2.75, 3.05) is 6.61 Å². The fraction of sp³-hybridized carbons (Fsp3) is 0.300. The summed E-state index contributed by atoms with van der Waals surface area (Å²) in [6, 6.07) is 6.96. The second-order valence-corrected chi connectivity index (χ2v) is 3.62. The maximum absolute atomic E-state index is 10.6. The Morgan fingerprint density at radius 1 is 1.53 bits per heavy atom. The smallest absolute Gasteiger partial charge is 0.335 e. The number of aliphatic carboxylic acids is 1. The van der Waals surface area contributed by atoms with Crippen LogP contribution in [0.25, 0.3) is 0 Å². The summed E-state index contributed by atoms with van der Waals surface area (Å²) in [6.45, 7) is 0.0620. The fourth-order valence-corrected chi connectivity index (χ4v) is 1.56. The fourth-order valence-electron chi connectivity index (χ4n) is 1.36. The van der Waals surface area contributed by atoms with Crippen molar-refractivity contribution < 1.29 is 19.4 Å². The molecule has 15 heavy (non-hydrogen) atoms.